The highest BCUT2D eigenvalue weighted by Crippen LogP contribution is 2.36. The maximum atomic E-state index is 14.1. The van der Waals surface area contributed by atoms with Gasteiger partial charge in [-0.05, 0) is 62.2 Å². The molecule has 11 heteroatoms. The van der Waals surface area contributed by atoms with E-state index in [9.17, 15) is 18.0 Å². The Morgan fingerprint density at radius 3 is 2.20 bits per heavy atom. The molecule has 0 bridgehead atoms. The van der Waals surface area contributed by atoms with E-state index in [1.165, 1.54) is 37.3 Å². The molecule has 0 aliphatic rings. The van der Waals surface area contributed by atoms with Crippen LogP contribution in [0.4, 0.5) is 5.69 Å². The van der Waals surface area contributed by atoms with Gasteiger partial charge in [-0.15, -0.1) is 0 Å². The first-order valence-electron chi connectivity index (χ1n) is 13.2. The first-order valence-corrected chi connectivity index (χ1v) is 15.4. The Labute approximate surface area is 250 Å². The van der Waals surface area contributed by atoms with Crippen LogP contribution in [0, 0.1) is 0 Å². The lowest BCUT2D eigenvalue weighted by atomic mass is 10.1. The number of carbonyl (C=O) groups is 2. The number of nitrogens with zero attached hydrogens (tertiary/aromatic N) is 2. The fourth-order valence-corrected chi connectivity index (χ4v) is 5.76. The second-order valence-electron chi connectivity index (χ2n) is 9.50. The van der Waals surface area contributed by atoms with Crippen LogP contribution in [0.5, 0.6) is 11.5 Å². The van der Waals surface area contributed by atoms with Gasteiger partial charge in [0.1, 0.15) is 24.1 Å². The third-order valence-electron chi connectivity index (χ3n) is 6.70. The molecule has 0 heterocycles. The second kappa shape index (κ2) is 14.4. The van der Waals surface area contributed by atoms with E-state index in [2.05, 4.69) is 21.2 Å². The molecule has 0 radical (unpaired) electrons. The van der Waals surface area contributed by atoms with Crippen molar-refractivity contribution in [3.05, 3.63) is 82.8 Å². The molecule has 2 atom stereocenters. The Morgan fingerprint density at radius 2 is 1.61 bits per heavy atom. The van der Waals surface area contributed by atoms with Crippen molar-refractivity contribution >= 4 is 43.5 Å². The zero-order valence-corrected chi connectivity index (χ0v) is 26.2. The number of anilines is 1. The van der Waals surface area contributed by atoms with Crippen LogP contribution in [-0.2, 0) is 26.2 Å². The molecule has 0 aliphatic heterocycles. The lowest BCUT2D eigenvalue weighted by Crippen LogP contribution is -2.52. The molecule has 0 aliphatic carbocycles. The summed E-state index contributed by atoms with van der Waals surface area (Å²) in [5.74, 6) is -0.278. The van der Waals surface area contributed by atoms with Gasteiger partial charge in [0, 0.05) is 23.1 Å². The van der Waals surface area contributed by atoms with Crippen LogP contribution in [0.2, 0.25) is 0 Å². The van der Waals surface area contributed by atoms with Gasteiger partial charge in [-0.3, -0.25) is 13.9 Å². The van der Waals surface area contributed by atoms with Gasteiger partial charge in [-0.2, -0.15) is 0 Å². The van der Waals surface area contributed by atoms with Crippen LogP contribution in [0.15, 0.2) is 82.2 Å². The van der Waals surface area contributed by atoms with Crippen molar-refractivity contribution < 1.29 is 27.5 Å². The topological polar surface area (TPSA) is 105 Å². The van der Waals surface area contributed by atoms with Crippen molar-refractivity contribution in [2.24, 2.45) is 0 Å². The minimum Gasteiger partial charge on any atom is -0.497 e. The lowest BCUT2D eigenvalue weighted by molar-refractivity contribution is -0.139. The molecule has 1 N–H and O–H groups in total. The van der Waals surface area contributed by atoms with E-state index in [0.29, 0.717) is 5.75 Å². The van der Waals surface area contributed by atoms with Crippen molar-refractivity contribution in [1.82, 2.24) is 10.2 Å². The number of amides is 2. The van der Waals surface area contributed by atoms with Gasteiger partial charge in [0.25, 0.3) is 10.0 Å². The number of benzene rings is 3. The number of hydrogen-bond acceptors (Lipinski definition) is 6. The Morgan fingerprint density at radius 1 is 0.951 bits per heavy atom. The van der Waals surface area contributed by atoms with Crippen LogP contribution in [0.1, 0.15) is 32.8 Å². The summed E-state index contributed by atoms with van der Waals surface area (Å²) in [4.78, 5) is 28.7. The number of hydrogen-bond donors (Lipinski definition) is 1. The number of carbonyl (C=O) groups excluding carboxylic acids is 2. The predicted octanol–water partition coefficient (Wildman–Crippen LogP) is 4.99. The summed E-state index contributed by atoms with van der Waals surface area (Å²) in [7, 11) is -1.36. The van der Waals surface area contributed by atoms with Crippen LogP contribution < -0.4 is 19.1 Å². The summed E-state index contributed by atoms with van der Waals surface area (Å²) < 4.78 is 40.7. The highest BCUT2D eigenvalue weighted by Gasteiger charge is 2.34. The molecule has 0 unspecified atom stereocenters. The average molecular weight is 647 g/mol. The largest absolute Gasteiger partial charge is 0.497 e. The predicted molar refractivity (Wildman–Crippen MR) is 163 cm³/mol. The van der Waals surface area contributed by atoms with E-state index >= 15 is 0 Å². The molecule has 3 aromatic carbocycles. The first kappa shape index (κ1) is 32.0. The van der Waals surface area contributed by atoms with E-state index in [-0.39, 0.29) is 34.8 Å². The van der Waals surface area contributed by atoms with Gasteiger partial charge in [0.05, 0.1) is 24.8 Å². The normalized spacial score (nSPS) is 12.6. The number of ether oxygens (including phenoxy) is 2. The lowest BCUT2D eigenvalue weighted by Gasteiger charge is -2.33. The SMILES string of the molecule is CC[C@H](C)NC(=O)[C@@H](C)N(Cc1ccc(Br)cc1)C(=O)CN(c1cc(OC)ccc1OC)S(=O)(=O)c1ccccc1. The Bertz CT molecular complexity index is 1430. The number of halogens is 1. The maximum Gasteiger partial charge on any atom is 0.264 e. The third-order valence-corrected chi connectivity index (χ3v) is 9.00. The first-order chi connectivity index (χ1) is 19.5. The summed E-state index contributed by atoms with van der Waals surface area (Å²) >= 11 is 3.42. The van der Waals surface area contributed by atoms with Crippen LogP contribution in [-0.4, -0.2) is 58.0 Å². The second-order valence-corrected chi connectivity index (χ2v) is 12.3. The van der Waals surface area contributed by atoms with E-state index in [0.717, 1.165) is 20.8 Å². The highest BCUT2D eigenvalue weighted by molar-refractivity contribution is 9.10. The molecular formula is C30H36BrN3O6S. The standard InChI is InChI=1S/C30H36BrN3O6S/c1-6-21(2)32-30(36)22(3)33(19-23-12-14-24(31)15-13-23)29(35)20-34(41(37,38)26-10-8-7-9-11-26)27-18-25(39-4)16-17-28(27)40-5/h7-18,21-22H,6,19-20H2,1-5H3,(H,32,36)/t21-,22+/m0/s1. The van der Waals surface area contributed by atoms with Crippen molar-refractivity contribution in [2.45, 2.75) is 50.7 Å². The fourth-order valence-electron chi connectivity index (χ4n) is 4.06. The summed E-state index contributed by atoms with van der Waals surface area (Å²) in [6, 6.07) is 19.0. The molecule has 3 aromatic rings. The van der Waals surface area contributed by atoms with Crippen molar-refractivity contribution in [2.75, 3.05) is 25.1 Å². The van der Waals surface area contributed by atoms with E-state index in [4.69, 9.17) is 9.47 Å². The smallest absolute Gasteiger partial charge is 0.264 e. The summed E-state index contributed by atoms with van der Waals surface area (Å²) in [5.41, 5.74) is 0.908. The van der Waals surface area contributed by atoms with Gasteiger partial charge in [-0.25, -0.2) is 8.42 Å². The number of nitrogens with one attached hydrogen (secondary N) is 1. The minimum absolute atomic E-state index is 0.000283. The summed E-state index contributed by atoms with van der Waals surface area (Å²) in [6.07, 6.45) is 0.720. The molecule has 2 amide bonds. The molecule has 0 saturated heterocycles. The number of sulfonamides is 1. The highest BCUT2D eigenvalue weighted by atomic mass is 79.9. The van der Waals surface area contributed by atoms with Gasteiger partial charge >= 0.3 is 0 Å². The molecule has 0 aromatic heterocycles. The van der Waals surface area contributed by atoms with Gasteiger partial charge in [-0.1, -0.05) is 53.2 Å². The van der Waals surface area contributed by atoms with E-state index in [1.54, 1.807) is 37.3 Å². The molecule has 41 heavy (non-hydrogen) atoms. The van der Waals surface area contributed by atoms with Crippen LogP contribution in [0.3, 0.4) is 0 Å². The fraction of sp³-hybridized carbons (Fsp3) is 0.333. The molecule has 0 saturated carbocycles. The summed E-state index contributed by atoms with van der Waals surface area (Å²) in [5, 5.41) is 2.93. The van der Waals surface area contributed by atoms with Gasteiger partial charge in [0.15, 0.2) is 0 Å². The zero-order valence-electron chi connectivity index (χ0n) is 23.8. The third kappa shape index (κ3) is 8.01. The van der Waals surface area contributed by atoms with Crippen molar-refractivity contribution in [3.8, 4) is 11.5 Å². The Hall–Kier alpha value is -3.57. The maximum absolute atomic E-state index is 14.1. The molecule has 9 nitrogen and oxygen atoms in total. The Kier molecular flexibility index (Phi) is 11.2. The van der Waals surface area contributed by atoms with Crippen molar-refractivity contribution in [1.29, 1.82) is 0 Å². The Balaban J connectivity index is 2.10. The number of methoxy groups -OCH3 is 2. The monoisotopic (exact) mass is 645 g/mol. The zero-order chi connectivity index (χ0) is 30.2. The number of rotatable bonds is 13. The van der Waals surface area contributed by atoms with E-state index in [1.807, 2.05) is 38.1 Å². The van der Waals surface area contributed by atoms with Crippen LogP contribution in [0.25, 0.3) is 0 Å². The van der Waals surface area contributed by atoms with Gasteiger partial charge < -0.3 is 19.7 Å². The van der Waals surface area contributed by atoms with Crippen LogP contribution >= 0.6 is 15.9 Å². The minimum atomic E-state index is -4.24. The molecule has 0 spiro atoms. The summed E-state index contributed by atoms with van der Waals surface area (Å²) in [6.45, 7) is 4.98. The average Bonchev–Trinajstić information content (AvgIpc) is 2.98. The molecule has 0 fully saturated rings. The van der Waals surface area contributed by atoms with Gasteiger partial charge in [0.2, 0.25) is 11.8 Å². The van der Waals surface area contributed by atoms with E-state index < -0.39 is 28.5 Å². The molecule has 3 rings (SSSR count). The molecule has 220 valence electrons. The quantitative estimate of drug-likeness (QED) is 0.281. The van der Waals surface area contributed by atoms with Crippen molar-refractivity contribution in [3.63, 3.8) is 0 Å². The molecular weight excluding hydrogens is 610 g/mol.